The number of morpholine rings is 1. The average Bonchev–Trinajstić information content (AvgIpc) is 2.18. The predicted octanol–water partition coefficient (Wildman–Crippen LogP) is 2.12. The monoisotopic (exact) mass is 242 g/mol. The van der Waals surface area contributed by atoms with Crippen LogP contribution in [0.4, 0.5) is 0 Å². The van der Waals surface area contributed by atoms with Crippen LogP contribution in [0.1, 0.15) is 41.0 Å². The Hall–Kier alpha value is -0.120. The van der Waals surface area contributed by atoms with E-state index in [1.807, 2.05) is 0 Å². The molecule has 17 heavy (non-hydrogen) atoms. The molecule has 1 unspecified atom stereocenters. The second-order valence-corrected chi connectivity index (χ2v) is 6.85. The molecule has 0 amide bonds. The molecule has 0 spiro atoms. The van der Waals surface area contributed by atoms with E-state index in [0.29, 0.717) is 11.5 Å². The molecule has 0 aromatic heterocycles. The summed E-state index contributed by atoms with van der Waals surface area (Å²) in [6, 6.07) is 0.571. The van der Waals surface area contributed by atoms with E-state index in [1.165, 1.54) is 6.42 Å². The third-order valence-electron chi connectivity index (χ3n) is 3.90. The summed E-state index contributed by atoms with van der Waals surface area (Å²) in [7, 11) is 2.07. The zero-order valence-corrected chi connectivity index (χ0v) is 12.5. The third kappa shape index (κ3) is 4.23. The van der Waals surface area contributed by atoms with Gasteiger partial charge in [-0.05, 0) is 32.7 Å². The van der Waals surface area contributed by atoms with Crippen molar-refractivity contribution in [3.05, 3.63) is 0 Å². The SMILES string of the molecule is CNC(CCN1CCOCC1(C)C)C(C)(C)C. The molecular weight excluding hydrogens is 212 g/mol. The smallest absolute Gasteiger partial charge is 0.0645 e. The minimum atomic E-state index is 0.189. The number of ether oxygens (including phenoxy) is 1. The lowest BCUT2D eigenvalue weighted by Crippen LogP contribution is -2.54. The normalized spacial score (nSPS) is 23.6. The van der Waals surface area contributed by atoms with Gasteiger partial charge < -0.3 is 10.1 Å². The summed E-state index contributed by atoms with van der Waals surface area (Å²) in [6.07, 6.45) is 1.20. The van der Waals surface area contributed by atoms with E-state index in [1.54, 1.807) is 0 Å². The van der Waals surface area contributed by atoms with Gasteiger partial charge in [-0.2, -0.15) is 0 Å². The Balaban J connectivity index is 2.48. The minimum absolute atomic E-state index is 0.189. The van der Waals surface area contributed by atoms with Crippen LogP contribution in [0.25, 0.3) is 0 Å². The standard InChI is InChI=1S/C14H30N2O/c1-13(2,3)12(15-6)7-8-16-9-10-17-11-14(16,4)5/h12,15H,7-11H2,1-6H3. The van der Waals surface area contributed by atoms with Crippen LogP contribution in [-0.4, -0.2) is 49.8 Å². The van der Waals surface area contributed by atoms with Gasteiger partial charge in [0.25, 0.3) is 0 Å². The van der Waals surface area contributed by atoms with Gasteiger partial charge in [-0.3, -0.25) is 4.90 Å². The van der Waals surface area contributed by atoms with Crippen molar-refractivity contribution in [2.24, 2.45) is 5.41 Å². The van der Waals surface area contributed by atoms with Crippen LogP contribution in [0.15, 0.2) is 0 Å². The molecule has 102 valence electrons. The minimum Gasteiger partial charge on any atom is -0.378 e. The molecule has 0 bridgehead atoms. The largest absolute Gasteiger partial charge is 0.378 e. The second-order valence-electron chi connectivity index (χ2n) is 6.85. The van der Waals surface area contributed by atoms with Crippen molar-refractivity contribution in [3.63, 3.8) is 0 Å². The first-order valence-corrected chi connectivity index (χ1v) is 6.77. The predicted molar refractivity (Wildman–Crippen MR) is 73.4 cm³/mol. The number of hydrogen-bond acceptors (Lipinski definition) is 3. The van der Waals surface area contributed by atoms with Crippen molar-refractivity contribution in [1.82, 2.24) is 10.2 Å². The first kappa shape index (κ1) is 14.9. The van der Waals surface area contributed by atoms with Crippen LogP contribution >= 0.6 is 0 Å². The van der Waals surface area contributed by atoms with Crippen molar-refractivity contribution in [1.29, 1.82) is 0 Å². The van der Waals surface area contributed by atoms with Crippen molar-refractivity contribution < 1.29 is 4.74 Å². The second kappa shape index (κ2) is 5.68. The molecule has 3 nitrogen and oxygen atoms in total. The topological polar surface area (TPSA) is 24.5 Å². The quantitative estimate of drug-likeness (QED) is 0.817. The van der Waals surface area contributed by atoms with E-state index in [9.17, 15) is 0 Å². The fourth-order valence-corrected chi connectivity index (χ4v) is 2.60. The Bertz CT molecular complexity index is 233. The van der Waals surface area contributed by atoms with Gasteiger partial charge in [0.2, 0.25) is 0 Å². The van der Waals surface area contributed by atoms with Crippen LogP contribution in [0.3, 0.4) is 0 Å². The molecule has 0 aromatic rings. The fourth-order valence-electron chi connectivity index (χ4n) is 2.60. The Labute approximate surface area is 107 Å². The lowest BCUT2D eigenvalue weighted by molar-refractivity contribution is -0.0531. The molecule has 1 heterocycles. The maximum atomic E-state index is 5.56. The van der Waals surface area contributed by atoms with Crippen LogP contribution in [0.2, 0.25) is 0 Å². The van der Waals surface area contributed by atoms with Gasteiger partial charge in [-0.15, -0.1) is 0 Å². The highest BCUT2D eigenvalue weighted by molar-refractivity contribution is 4.87. The fraction of sp³-hybridized carbons (Fsp3) is 1.00. The maximum absolute atomic E-state index is 5.56. The van der Waals surface area contributed by atoms with Crippen molar-refractivity contribution in [3.8, 4) is 0 Å². The van der Waals surface area contributed by atoms with Crippen LogP contribution in [-0.2, 0) is 4.74 Å². The van der Waals surface area contributed by atoms with E-state index in [4.69, 9.17) is 4.74 Å². The molecule has 1 saturated heterocycles. The number of nitrogens with one attached hydrogen (secondary N) is 1. The van der Waals surface area contributed by atoms with Crippen LogP contribution < -0.4 is 5.32 Å². The summed E-state index contributed by atoms with van der Waals surface area (Å²) < 4.78 is 5.56. The van der Waals surface area contributed by atoms with Gasteiger partial charge in [0.1, 0.15) is 0 Å². The van der Waals surface area contributed by atoms with Crippen molar-refractivity contribution >= 4 is 0 Å². The highest BCUT2D eigenvalue weighted by Crippen LogP contribution is 2.24. The van der Waals surface area contributed by atoms with Gasteiger partial charge >= 0.3 is 0 Å². The summed E-state index contributed by atoms with van der Waals surface area (Å²) >= 11 is 0. The van der Waals surface area contributed by atoms with E-state index in [-0.39, 0.29) is 5.54 Å². The summed E-state index contributed by atoms with van der Waals surface area (Å²) in [5.41, 5.74) is 0.513. The number of hydrogen-bond donors (Lipinski definition) is 1. The first-order chi connectivity index (χ1) is 7.77. The number of rotatable bonds is 4. The molecule has 3 heteroatoms. The zero-order valence-electron chi connectivity index (χ0n) is 12.5. The Morgan fingerprint density at radius 3 is 2.47 bits per heavy atom. The zero-order chi connectivity index (χ0) is 13.1. The molecule has 0 radical (unpaired) electrons. The van der Waals surface area contributed by atoms with Gasteiger partial charge in [0.15, 0.2) is 0 Å². The third-order valence-corrected chi connectivity index (χ3v) is 3.90. The average molecular weight is 242 g/mol. The van der Waals surface area contributed by atoms with Crippen molar-refractivity contribution in [2.75, 3.05) is 33.4 Å². The Kier molecular flexibility index (Phi) is 4.99. The molecule has 1 fully saturated rings. The Morgan fingerprint density at radius 1 is 1.35 bits per heavy atom. The molecular formula is C14H30N2O. The Morgan fingerprint density at radius 2 is 2.00 bits per heavy atom. The molecule has 0 aromatic carbocycles. The highest BCUT2D eigenvalue weighted by Gasteiger charge is 2.31. The van der Waals surface area contributed by atoms with Gasteiger partial charge in [-0.25, -0.2) is 0 Å². The van der Waals surface area contributed by atoms with Crippen LogP contribution in [0.5, 0.6) is 0 Å². The molecule has 1 atom stereocenters. The van der Waals surface area contributed by atoms with E-state index in [2.05, 4.69) is 51.9 Å². The van der Waals surface area contributed by atoms with E-state index < -0.39 is 0 Å². The van der Waals surface area contributed by atoms with Crippen molar-refractivity contribution in [2.45, 2.75) is 52.6 Å². The molecule has 0 aliphatic carbocycles. The molecule has 1 N–H and O–H groups in total. The van der Waals surface area contributed by atoms with E-state index >= 15 is 0 Å². The summed E-state index contributed by atoms with van der Waals surface area (Å²) in [4.78, 5) is 2.56. The van der Waals surface area contributed by atoms with Gasteiger partial charge in [0.05, 0.1) is 13.2 Å². The molecule has 0 saturated carbocycles. The molecule has 1 aliphatic heterocycles. The highest BCUT2D eigenvalue weighted by atomic mass is 16.5. The number of nitrogens with zero attached hydrogens (tertiary/aromatic N) is 1. The molecule has 1 aliphatic rings. The van der Waals surface area contributed by atoms with Crippen LogP contribution in [0, 0.1) is 5.41 Å². The maximum Gasteiger partial charge on any atom is 0.0645 e. The van der Waals surface area contributed by atoms with Gasteiger partial charge in [-0.1, -0.05) is 20.8 Å². The molecule has 1 rings (SSSR count). The lowest BCUT2D eigenvalue weighted by Gasteiger charge is -2.43. The summed E-state index contributed by atoms with van der Waals surface area (Å²) in [6.45, 7) is 15.4. The lowest BCUT2D eigenvalue weighted by atomic mass is 9.84. The van der Waals surface area contributed by atoms with E-state index in [0.717, 1.165) is 26.3 Å². The summed E-state index contributed by atoms with van der Waals surface area (Å²) in [5.74, 6) is 0. The summed E-state index contributed by atoms with van der Waals surface area (Å²) in [5, 5.41) is 3.45. The first-order valence-electron chi connectivity index (χ1n) is 6.77. The van der Waals surface area contributed by atoms with Gasteiger partial charge in [0, 0.05) is 24.7 Å².